The van der Waals surface area contributed by atoms with Crippen molar-refractivity contribution >= 4 is 40.2 Å². The second kappa shape index (κ2) is 6.13. The lowest BCUT2D eigenvalue weighted by atomic mass is 10.0. The highest BCUT2D eigenvalue weighted by Gasteiger charge is 2.35. The quantitative estimate of drug-likeness (QED) is 0.905. The van der Waals surface area contributed by atoms with Gasteiger partial charge in [0.25, 0.3) is 0 Å². The van der Waals surface area contributed by atoms with E-state index in [2.05, 4.69) is 28.5 Å². The van der Waals surface area contributed by atoms with Gasteiger partial charge in [0.2, 0.25) is 5.91 Å². The number of nitrogens with zero attached hydrogens (tertiary/aromatic N) is 2. The average Bonchev–Trinajstić information content (AvgIpc) is 3.34. The molecule has 4 nitrogen and oxygen atoms in total. The molecule has 2 heterocycles. The SMILES string of the molecule is O=C(C1CC1)N1CCCc2cc(NCc3cnc(Cl)s3)ccc21. The van der Waals surface area contributed by atoms with E-state index >= 15 is 0 Å². The smallest absolute Gasteiger partial charge is 0.230 e. The molecule has 120 valence electrons. The summed E-state index contributed by atoms with van der Waals surface area (Å²) in [5, 5.41) is 3.41. The molecule has 23 heavy (non-hydrogen) atoms. The molecule has 0 bridgehead atoms. The van der Waals surface area contributed by atoms with Crippen molar-refractivity contribution in [2.45, 2.75) is 32.2 Å². The van der Waals surface area contributed by atoms with Gasteiger partial charge in [0.15, 0.2) is 4.47 Å². The predicted molar refractivity (Wildman–Crippen MR) is 94.3 cm³/mol. The number of carbonyl (C=O) groups is 1. The van der Waals surface area contributed by atoms with Crippen molar-refractivity contribution in [3.05, 3.63) is 39.3 Å². The number of rotatable bonds is 4. The van der Waals surface area contributed by atoms with E-state index in [1.807, 2.05) is 4.90 Å². The van der Waals surface area contributed by atoms with Crippen LogP contribution in [0.25, 0.3) is 0 Å². The number of aromatic nitrogens is 1. The van der Waals surface area contributed by atoms with Gasteiger partial charge in [-0.05, 0) is 49.4 Å². The van der Waals surface area contributed by atoms with Crippen molar-refractivity contribution in [3.8, 4) is 0 Å². The van der Waals surface area contributed by atoms with Crippen LogP contribution in [0.2, 0.25) is 4.47 Å². The Morgan fingerprint density at radius 2 is 2.30 bits per heavy atom. The van der Waals surface area contributed by atoms with Gasteiger partial charge in [-0.25, -0.2) is 4.98 Å². The number of benzene rings is 1. The average molecular weight is 348 g/mol. The Bertz CT molecular complexity index is 741. The standard InChI is InChI=1S/C17H18ClN3OS/c18-17-20-10-14(23-17)9-19-13-5-6-15-12(8-13)2-1-7-21(15)16(22)11-3-4-11/h5-6,8,10-11,19H,1-4,7,9H2. The first-order valence-electron chi connectivity index (χ1n) is 7.99. The van der Waals surface area contributed by atoms with Crippen molar-refractivity contribution in [3.63, 3.8) is 0 Å². The van der Waals surface area contributed by atoms with Gasteiger partial charge in [-0.3, -0.25) is 4.79 Å². The summed E-state index contributed by atoms with van der Waals surface area (Å²) in [5.41, 5.74) is 3.44. The van der Waals surface area contributed by atoms with E-state index in [0.717, 1.165) is 48.5 Å². The van der Waals surface area contributed by atoms with E-state index in [1.165, 1.54) is 16.9 Å². The second-order valence-electron chi connectivity index (χ2n) is 6.14. The molecule has 0 radical (unpaired) electrons. The number of hydrogen-bond acceptors (Lipinski definition) is 4. The molecule has 1 saturated carbocycles. The van der Waals surface area contributed by atoms with Crippen LogP contribution in [0.1, 0.15) is 29.7 Å². The topological polar surface area (TPSA) is 45.2 Å². The second-order valence-corrected chi connectivity index (χ2v) is 7.84. The minimum Gasteiger partial charge on any atom is -0.380 e. The summed E-state index contributed by atoms with van der Waals surface area (Å²) < 4.78 is 0.571. The van der Waals surface area contributed by atoms with E-state index in [1.54, 1.807) is 6.20 Å². The zero-order chi connectivity index (χ0) is 15.8. The van der Waals surface area contributed by atoms with Crippen LogP contribution in [-0.2, 0) is 17.8 Å². The fourth-order valence-electron chi connectivity index (χ4n) is 3.04. The molecule has 0 unspecified atom stereocenters. The third kappa shape index (κ3) is 3.21. The number of thiazole rings is 1. The highest BCUT2D eigenvalue weighted by molar-refractivity contribution is 7.15. The van der Waals surface area contributed by atoms with Crippen LogP contribution in [0.5, 0.6) is 0 Å². The molecule has 1 fully saturated rings. The van der Waals surface area contributed by atoms with Gasteiger partial charge >= 0.3 is 0 Å². The summed E-state index contributed by atoms with van der Waals surface area (Å²) >= 11 is 7.34. The molecule has 2 aromatic rings. The third-order valence-corrected chi connectivity index (χ3v) is 5.50. The number of halogens is 1. The minimum absolute atomic E-state index is 0.273. The van der Waals surface area contributed by atoms with Crippen LogP contribution >= 0.6 is 22.9 Å². The third-order valence-electron chi connectivity index (χ3n) is 4.38. The number of anilines is 2. The van der Waals surface area contributed by atoms with Gasteiger partial charge in [0, 0.05) is 34.9 Å². The Morgan fingerprint density at radius 3 is 3.04 bits per heavy atom. The zero-order valence-electron chi connectivity index (χ0n) is 12.7. The maximum absolute atomic E-state index is 12.4. The number of hydrogen-bond donors (Lipinski definition) is 1. The molecule has 1 aromatic carbocycles. The monoisotopic (exact) mass is 347 g/mol. The van der Waals surface area contributed by atoms with Gasteiger partial charge < -0.3 is 10.2 Å². The molecular weight excluding hydrogens is 330 g/mol. The summed E-state index contributed by atoms with van der Waals surface area (Å²) in [6, 6.07) is 6.31. The van der Waals surface area contributed by atoms with E-state index in [0.29, 0.717) is 16.9 Å². The van der Waals surface area contributed by atoms with Gasteiger partial charge in [-0.15, -0.1) is 11.3 Å². The van der Waals surface area contributed by atoms with Crippen LogP contribution < -0.4 is 10.2 Å². The number of nitrogens with one attached hydrogen (secondary N) is 1. The first-order chi connectivity index (χ1) is 11.2. The van der Waals surface area contributed by atoms with E-state index in [4.69, 9.17) is 11.6 Å². The highest BCUT2D eigenvalue weighted by atomic mass is 35.5. The lowest BCUT2D eigenvalue weighted by molar-refractivity contribution is -0.119. The molecule has 2 aliphatic rings. The lowest BCUT2D eigenvalue weighted by Crippen LogP contribution is -2.36. The molecule has 0 saturated heterocycles. The highest BCUT2D eigenvalue weighted by Crippen LogP contribution is 2.36. The Kier molecular flexibility index (Phi) is 3.99. The van der Waals surface area contributed by atoms with E-state index in [-0.39, 0.29) is 5.92 Å². The Balaban J connectivity index is 1.49. The molecule has 4 rings (SSSR count). The predicted octanol–water partition coefficient (Wildman–Crippen LogP) is 4.10. The van der Waals surface area contributed by atoms with E-state index < -0.39 is 0 Å². The minimum atomic E-state index is 0.273. The Hall–Kier alpha value is -1.59. The molecule has 1 aromatic heterocycles. The fraction of sp³-hybridized carbons (Fsp3) is 0.412. The molecule has 1 aliphatic heterocycles. The number of aryl methyl sites for hydroxylation is 1. The van der Waals surface area contributed by atoms with Crippen LogP contribution in [0.15, 0.2) is 24.4 Å². The number of fused-ring (bicyclic) bond motifs is 1. The largest absolute Gasteiger partial charge is 0.380 e. The Morgan fingerprint density at radius 1 is 1.43 bits per heavy atom. The maximum Gasteiger partial charge on any atom is 0.230 e. The molecular formula is C17H18ClN3OS. The van der Waals surface area contributed by atoms with Gasteiger partial charge in [0.05, 0.1) is 6.54 Å². The zero-order valence-corrected chi connectivity index (χ0v) is 14.3. The summed E-state index contributed by atoms with van der Waals surface area (Å²) in [6.45, 7) is 1.57. The summed E-state index contributed by atoms with van der Waals surface area (Å²) in [4.78, 5) is 19.6. The first kappa shape index (κ1) is 15.0. The van der Waals surface area contributed by atoms with E-state index in [9.17, 15) is 4.79 Å². The normalized spacial score (nSPS) is 17.0. The summed E-state index contributed by atoms with van der Waals surface area (Å²) in [7, 11) is 0. The maximum atomic E-state index is 12.4. The van der Waals surface area contributed by atoms with Crippen molar-refractivity contribution in [2.24, 2.45) is 5.92 Å². The van der Waals surface area contributed by atoms with Gasteiger partial charge in [-0.1, -0.05) is 11.6 Å². The molecule has 1 N–H and O–H groups in total. The van der Waals surface area contributed by atoms with Gasteiger partial charge in [0.1, 0.15) is 0 Å². The first-order valence-corrected chi connectivity index (χ1v) is 9.18. The molecule has 6 heteroatoms. The Labute approximate surface area is 144 Å². The molecule has 1 aliphatic carbocycles. The number of amides is 1. The van der Waals surface area contributed by atoms with Crippen molar-refractivity contribution in [1.82, 2.24) is 4.98 Å². The fourth-order valence-corrected chi connectivity index (χ4v) is 3.96. The van der Waals surface area contributed by atoms with Gasteiger partial charge in [-0.2, -0.15) is 0 Å². The van der Waals surface area contributed by atoms with Crippen LogP contribution in [0.4, 0.5) is 11.4 Å². The van der Waals surface area contributed by atoms with Crippen molar-refractivity contribution in [2.75, 3.05) is 16.8 Å². The van der Waals surface area contributed by atoms with Crippen molar-refractivity contribution in [1.29, 1.82) is 0 Å². The van der Waals surface area contributed by atoms with Crippen LogP contribution in [-0.4, -0.2) is 17.4 Å². The molecule has 0 spiro atoms. The van der Waals surface area contributed by atoms with Crippen LogP contribution in [0, 0.1) is 5.92 Å². The molecule has 1 amide bonds. The lowest BCUT2D eigenvalue weighted by Gasteiger charge is -2.30. The van der Waals surface area contributed by atoms with Crippen molar-refractivity contribution < 1.29 is 4.79 Å². The summed E-state index contributed by atoms with van der Waals surface area (Å²) in [5.74, 6) is 0.584. The van der Waals surface area contributed by atoms with Crippen LogP contribution in [0.3, 0.4) is 0 Å². The summed E-state index contributed by atoms with van der Waals surface area (Å²) in [6.07, 6.45) is 5.99. The molecule has 0 atom stereocenters. The number of carbonyl (C=O) groups excluding carboxylic acids is 1.